The lowest BCUT2D eigenvalue weighted by Crippen LogP contribution is -2.67. The lowest BCUT2D eigenvalue weighted by Gasteiger charge is -2.31. The van der Waals surface area contributed by atoms with E-state index in [1.54, 1.807) is 0 Å². The Morgan fingerprint density at radius 1 is 0.900 bits per heavy atom. The van der Waals surface area contributed by atoms with E-state index in [9.17, 15) is 44.7 Å². The highest BCUT2D eigenvalue weighted by molar-refractivity contribution is 7.88. The molecule has 0 atom stereocenters. The van der Waals surface area contributed by atoms with Gasteiger partial charge in [-0.25, -0.2) is 4.79 Å². The fraction of sp³-hybridized carbons (Fsp3) is 0.312. The van der Waals surface area contributed by atoms with Crippen LogP contribution in [0.25, 0.3) is 10.8 Å². The number of alkyl halides is 6. The fourth-order valence-corrected chi connectivity index (χ4v) is 3.42. The maximum atomic E-state index is 13.0. The first-order valence-electron chi connectivity index (χ1n) is 7.76. The summed E-state index contributed by atoms with van der Waals surface area (Å²) in [6.07, 6.45) is -13.5. The van der Waals surface area contributed by atoms with Crippen LogP contribution in [-0.2, 0) is 19.6 Å². The average Bonchev–Trinajstić information content (AvgIpc) is 2.55. The second kappa shape index (κ2) is 7.83. The molecule has 7 nitrogen and oxygen atoms in total. The molecule has 0 radical (unpaired) electrons. The number of hydrogen-bond acceptors (Lipinski definition) is 6. The van der Waals surface area contributed by atoms with E-state index >= 15 is 0 Å². The van der Waals surface area contributed by atoms with Crippen LogP contribution in [-0.4, -0.2) is 54.4 Å². The summed E-state index contributed by atoms with van der Waals surface area (Å²) >= 11 is 0. The molecule has 0 spiro atoms. The monoisotopic (exact) mass is 462 g/mol. The summed E-state index contributed by atoms with van der Waals surface area (Å²) in [5, 5.41) is 10.4. The zero-order chi connectivity index (χ0) is 23.0. The number of phenols is 1. The summed E-state index contributed by atoms with van der Waals surface area (Å²) in [7, 11) is -7.06. The van der Waals surface area contributed by atoms with Crippen molar-refractivity contribution in [2.24, 2.45) is 0 Å². The van der Waals surface area contributed by atoms with E-state index in [0.29, 0.717) is 10.8 Å². The standard InChI is InChI=1S/C16H12F6O7S/c17-15(18,19)14(16(20,21)22,30(25,26)27)13(24)29-8-7-28-12-6-2-3-9-10(12)4-1-5-11(9)23/h1-6,23H,7-8H2,(H,25,26,27). The number of carbonyl (C=O) groups excluding carboxylic acids is 1. The molecule has 0 saturated heterocycles. The quantitative estimate of drug-likeness (QED) is 0.294. The van der Waals surface area contributed by atoms with Crippen LogP contribution in [0, 0.1) is 0 Å². The van der Waals surface area contributed by atoms with Crippen molar-refractivity contribution in [2.75, 3.05) is 13.2 Å². The van der Waals surface area contributed by atoms with Crippen molar-refractivity contribution in [3.63, 3.8) is 0 Å². The Hall–Kier alpha value is -2.74. The van der Waals surface area contributed by atoms with Gasteiger partial charge >= 0.3 is 33.2 Å². The van der Waals surface area contributed by atoms with E-state index in [0.717, 1.165) is 0 Å². The van der Waals surface area contributed by atoms with Gasteiger partial charge in [-0.05, 0) is 12.1 Å². The predicted molar refractivity (Wildman–Crippen MR) is 88.5 cm³/mol. The summed E-state index contributed by atoms with van der Waals surface area (Å²) in [6, 6.07) is 8.59. The molecule has 0 aliphatic carbocycles. The molecule has 14 heteroatoms. The SMILES string of the molecule is O=C(OCCOc1cccc2c(O)cccc12)C(C(F)(F)F)(C(F)(F)F)S(=O)(=O)O. The van der Waals surface area contributed by atoms with Crippen LogP contribution >= 0.6 is 0 Å². The van der Waals surface area contributed by atoms with Gasteiger partial charge in [0.05, 0.1) is 0 Å². The topological polar surface area (TPSA) is 110 Å². The Bertz CT molecular complexity index is 1030. The minimum Gasteiger partial charge on any atom is -0.507 e. The predicted octanol–water partition coefficient (Wildman–Crippen LogP) is 3.22. The number of ether oxygens (including phenoxy) is 2. The van der Waals surface area contributed by atoms with E-state index in [-0.39, 0.29) is 11.5 Å². The van der Waals surface area contributed by atoms with E-state index in [1.165, 1.54) is 36.4 Å². The number of rotatable bonds is 6. The summed E-state index contributed by atoms with van der Waals surface area (Å²) in [4.78, 5) is 11.6. The number of esters is 1. The molecule has 0 fully saturated rings. The van der Waals surface area contributed by atoms with Crippen molar-refractivity contribution >= 4 is 26.9 Å². The molecule has 0 saturated carbocycles. The van der Waals surface area contributed by atoms with Crippen molar-refractivity contribution in [3.05, 3.63) is 36.4 Å². The van der Waals surface area contributed by atoms with Crippen LogP contribution < -0.4 is 4.74 Å². The molecule has 166 valence electrons. The zero-order valence-electron chi connectivity index (χ0n) is 14.5. The molecule has 0 aliphatic rings. The van der Waals surface area contributed by atoms with Gasteiger partial charge in [0.15, 0.2) is 0 Å². The van der Waals surface area contributed by atoms with Gasteiger partial charge in [-0.15, -0.1) is 0 Å². The number of phenolic OH excluding ortho intramolecular Hbond substituents is 1. The van der Waals surface area contributed by atoms with Crippen molar-refractivity contribution in [1.29, 1.82) is 0 Å². The third-order valence-corrected chi connectivity index (χ3v) is 5.31. The van der Waals surface area contributed by atoms with Crippen LogP contribution in [0.5, 0.6) is 11.5 Å². The molecule has 0 aromatic heterocycles. The highest BCUT2D eigenvalue weighted by Gasteiger charge is 2.84. The van der Waals surface area contributed by atoms with E-state index < -0.39 is 46.4 Å². The average molecular weight is 462 g/mol. The highest BCUT2D eigenvalue weighted by atomic mass is 32.2. The van der Waals surface area contributed by atoms with E-state index in [1.807, 2.05) is 0 Å². The van der Waals surface area contributed by atoms with E-state index in [4.69, 9.17) is 9.29 Å². The van der Waals surface area contributed by atoms with Gasteiger partial charge in [-0.1, -0.05) is 24.3 Å². The molecule has 0 heterocycles. The largest absolute Gasteiger partial charge is 0.507 e. The van der Waals surface area contributed by atoms with Gasteiger partial charge in [0, 0.05) is 10.8 Å². The summed E-state index contributed by atoms with van der Waals surface area (Å²) in [5.41, 5.74) is 0. The van der Waals surface area contributed by atoms with Crippen LogP contribution in [0.15, 0.2) is 36.4 Å². The molecular weight excluding hydrogens is 450 g/mol. The minimum atomic E-state index is -7.06. The van der Waals surface area contributed by atoms with Gasteiger partial charge < -0.3 is 14.6 Å². The van der Waals surface area contributed by atoms with Crippen LogP contribution in [0.4, 0.5) is 26.3 Å². The molecule has 2 N–H and O–H groups in total. The summed E-state index contributed by atoms with van der Waals surface area (Å²) < 4.78 is 111. The molecule has 0 unspecified atom stereocenters. The van der Waals surface area contributed by atoms with Gasteiger partial charge in [-0.2, -0.15) is 34.8 Å². The number of carbonyl (C=O) groups is 1. The van der Waals surface area contributed by atoms with Gasteiger partial charge in [-0.3, -0.25) is 4.55 Å². The van der Waals surface area contributed by atoms with Gasteiger partial charge in [0.1, 0.15) is 24.7 Å². The molecular formula is C16H12F6O7S. The number of halogens is 6. The Balaban J connectivity index is 2.21. The summed E-state index contributed by atoms with van der Waals surface area (Å²) in [5.74, 6) is -3.35. The third-order valence-electron chi connectivity index (χ3n) is 3.91. The van der Waals surface area contributed by atoms with Crippen LogP contribution in [0.1, 0.15) is 0 Å². The van der Waals surface area contributed by atoms with Crippen LogP contribution in [0.3, 0.4) is 0 Å². The highest BCUT2D eigenvalue weighted by Crippen LogP contribution is 2.49. The number of hydrogen-bond donors (Lipinski definition) is 2. The number of benzene rings is 2. The van der Waals surface area contributed by atoms with Gasteiger partial charge in [0.2, 0.25) is 0 Å². The van der Waals surface area contributed by atoms with Crippen LogP contribution in [0.2, 0.25) is 0 Å². The fourth-order valence-electron chi connectivity index (χ4n) is 2.57. The smallest absolute Gasteiger partial charge is 0.430 e. The molecule has 0 aliphatic heterocycles. The molecule has 0 amide bonds. The van der Waals surface area contributed by atoms with Crippen molar-refractivity contribution in [3.8, 4) is 11.5 Å². The van der Waals surface area contributed by atoms with E-state index in [2.05, 4.69) is 4.74 Å². The number of aromatic hydroxyl groups is 1. The molecule has 0 bridgehead atoms. The van der Waals surface area contributed by atoms with Crippen molar-refractivity contribution in [1.82, 2.24) is 0 Å². The lowest BCUT2D eigenvalue weighted by atomic mass is 10.1. The zero-order valence-corrected chi connectivity index (χ0v) is 15.3. The maximum absolute atomic E-state index is 13.0. The third kappa shape index (κ3) is 3.96. The Labute approximate surface area is 164 Å². The summed E-state index contributed by atoms with van der Waals surface area (Å²) in [6.45, 7) is -1.98. The number of fused-ring (bicyclic) bond motifs is 1. The molecule has 2 aromatic rings. The maximum Gasteiger partial charge on any atom is 0.430 e. The van der Waals surface area contributed by atoms with Gasteiger partial charge in [0.25, 0.3) is 0 Å². The first kappa shape index (κ1) is 23.5. The molecule has 2 rings (SSSR count). The first-order chi connectivity index (χ1) is 13.6. The Kier molecular flexibility index (Phi) is 6.14. The Morgan fingerprint density at radius 3 is 1.97 bits per heavy atom. The lowest BCUT2D eigenvalue weighted by molar-refractivity contribution is -0.268. The molecule has 30 heavy (non-hydrogen) atoms. The van der Waals surface area contributed by atoms with Crippen molar-refractivity contribution < 1.29 is 58.7 Å². The minimum absolute atomic E-state index is 0.0483. The second-order valence-electron chi connectivity index (χ2n) is 5.76. The Morgan fingerprint density at radius 2 is 1.43 bits per heavy atom. The first-order valence-corrected chi connectivity index (χ1v) is 9.20. The van der Waals surface area contributed by atoms with Crippen molar-refractivity contribution in [2.45, 2.75) is 17.1 Å². The second-order valence-corrected chi connectivity index (χ2v) is 7.33. The molecule has 2 aromatic carbocycles. The normalized spacial score (nSPS) is 13.3.